The molecular weight excluding hydrogens is 424 g/mol. The summed E-state index contributed by atoms with van der Waals surface area (Å²) < 4.78 is 53.1. The molecule has 1 saturated heterocycles. The lowest BCUT2D eigenvalue weighted by Gasteiger charge is -2.36. The fraction of sp³-hybridized carbons (Fsp3) is 0.316. The van der Waals surface area contributed by atoms with Gasteiger partial charge in [0.25, 0.3) is 0 Å². The maximum absolute atomic E-state index is 13.4. The highest BCUT2D eigenvalue weighted by atomic mass is 35.5. The van der Waals surface area contributed by atoms with Crippen LogP contribution in [-0.2, 0) is 14.8 Å². The van der Waals surface area contributed by atoms with Crippen molar-refractivity contribution in [1.29, 1.82) is 0 Å². The first-order valence-corrected chi connectivity index (χ1v) is 10.8. The van der Waals surface area contributed by atoms with Gasteiger partial charge in [0, 0.05) is 26.2 Å². The molecule has 0 aromatic heterocycles. The first-order valence-electron chi connectivity index (χ1n) is 8.94. The molecule has 1 atom stereocenters. The Labute approximate surface area is 173 Å². The summed E-state index contributed by atoms with van der Waals surface area (Å²) >= 11 is 5.93. The molecule has 1 N–H and O–H groups in total. The van der Waals surface area contributed by atoms with Gasteiger partial charge in [-0.15, -0.1) is 0 Å². The van der Waals surface area contributed by atoms with Gasteiger partial charge < -0.3 is 5.32 Å². The molecule has 3 rings (SSSR count). The number of hydrogen-bond donors (Lipinski definition) is 1. The van der Waals surface area contributed by atoms with Crippen molar-refractivity contribution in [2.45, 2.75) is 17.9 Å². The van der Waals surface area contributed by atoms with Crippen LogP contribution in [0.15, 0.2) is 47.4 Å². The summed E-state index contributed by atoms with van der Waals surface area (Å²) in [6, 6.07) is 8.02. The number of nitrogens with one attached hydrogen (secondary N) is 1. The third-order valence-electron chi connectivity index (χ3n) is 4.82. The number of carbonyl (C=O) groups is 1. The highest BCUT2D eigenvalue weighted by Crippen LogP contribution is 2.23. The number of benzene rings is 2. The molecule has 10 heteroatoms. The summed E-state index contributed by atoms with van der Waals surface area (Å²) in [4.78, 5) is 14.3. The van der Waals surface area contributed by atoms with E-state index in [0.717, 1.165) is 12.1 Å². The highest BCUT2D eigenvalue weighted by Gasteiger charge is 2.32. The van der Waals surface area contributed by atoms with E-state index in [-0.39, 0.29) is 28.9 Å². The number of nitrogens with zero attached hydrogens (tertiary/aromatic N) is 2. The Hall–Kier alpha value is -2.07. The molecular formula is C19H20ClF2N3O3S. The lowest BCUT2D eigenvalue weighted by atomic mass is 10.2. The van der Waals surface area contributed by atoms with E-state index in [4.69, 9.17) is 11.6 Å². The van der Waals surface area contributed by atoms with Crippen molar-refractivity contribution in [3.63, 3.8) is 0 Å². The van der Waals surface area contributed by atoms with E-state index in [1.807, 2.05) is 4.90 Å². The van der Waals surface area contributed by atoms with E-state index in [0.29, 0.717) is 18.8 Å². The van der Waals surface area contributed by atoms with Crippen LogP contribution in [0.2, 0.25) is 5.02 Å². The first-order chi connectivity index (χ1) is 13.7. The Bertz CT molecular complexity index is 1010. The molecule has 2 aromatic rings. The van der Waals surface area contributed by atoms with Crippen molar-refractivity contribution in [1.82, 2.24) is 9.21 Å². The van der Waals surface area contributed by atoms with E-state index in [9.17, 15) is 22.0 Å². The number of anilines is 1. The topological polar surface area (TPSA) is 69.7 Å². The van der Waals surface area contributed by atoms with E-state index in [1.165, 1.54) is 34.6 Å². The van der Waals surface area contributed by atoms with Crippen LogP contribution in [-0.4, -0.2) is 55.8 Å². The number of carbonyl (C=O) groups excluding carboxylic acids is 1. The van der Waals surface area contributed by atoms with Gasteiger partial charge in [-0.05, 0) is 43.3 Å². The predicted octanol–water partition coefficient (Wildman–Crippen LogP) is 2.95. The number of hydrogen-bond acceptors (Lipinski definition) is 4. The molecule has 1 aliphatic rings. The Balaban J connectivity index is 1.61. The van der Waals surface area contributed by atoms with Crippen LogP contribution in [0.25, 0.3) is 0 Å². The van der Waals surface area contributed by atoms with Crippen molar-refractivity contribution >= 4 is 33.2 Å². The van der Waals surface area contributed by atoms with Gasteiger partial charge in [0.05, 0.1) is 21.6 Å². The number of sulfonamides is 1. The van der Waals surface area contributed by atoms with Gasteiger partial charge in [-0.25, -0.2) is 17.2 Å². The zero-order chi connectivity index (χ0) is 21.2. The second-order valence-corrected chi connectivity index (χ2v) is 9.03. The molecule has 1 aliphatic heterocycles. The number of halogens is 3. The van der Waals surface area contributed by atoms with E-state index < -0.39 is 27.7 Å². The van der Waals surface area contributed by atoms with Gasteiger partial charge in [0.1, 0.15) is 11.6 Å². The summed E-state index contributed by atoms with van der Waals surface area (Å²) in [5.41, 5.74) is 0.303. The lowest BCUT2D eigenvalue weighted by Crippen LogP contribution is -2.53. The van der Waals surface area contributed by atoms with Gasteiger partial charge >= 0.3 is 0 Å². The smallest absolute Gasteiger partial charge is 0.243 e. The molecule has 0 radical (unpaired) electrons. The molecule has 0 bridgehead atoms. The minimum Gasteiger partial charge on any atom is -0.323 e. The third kappa shape index (κ3) is 4.92. The van der Waals surface area contributed by atoms with E-state index in [2.05, 4.69) is 5.32 Å². The molecule has 2 aromatic carbocycles. The molecule has 1 heterocycles. The molecule has 6 nitrogen and oxygen atoms in total. The molecule has 1 unspecified atom stereocenters. The quantitative estimate of drug-likeness (QED) is 0.771. The highest BCUT2D eigenvalue weighted by molar-refractivity contribution is 7.89. The minimum atomic E-state index is -3.80. The van der Waals surface area contributed by atoms with Crippen LogP contribution in [0, 0.1) is 11.6 Å². The zero-order valence-corrected chi connectivity index (χ0v) is 17.2. The maximum Gasteiger partial charge on any atom is 0.243 e. The van der Waals surface area contributed by atoms with Crippen molar-refractivity contribution in [3.05, 3.63) is 59.1 Å². The van der Waals surface area contributed by atoms with Crippen LogP contribution in [0.5, 0.6) is 0 Å². The summed E-state index contributed by atoms with van der Waals surface area (Å²) in [6.07, 6.45) is 0. The van der Waals surface area contributed by atoms with Gasteiger partial charge in [-0.2, -0.15) is 4.31 Å². The fourth-order valence-electron chi connectivity index (χ4n) is 3.10. The molecule has 1 fully saturated rings. The molecule has 0 saturated carbocycles. The standard InChI is InChI=1S/C19H20ClF2N3O3S/c1-13(19(26)23-18-6-5-15(22)12-17(18)20)24-7-9-25(10-8-24)29(27,28)16-4-2-3-14(21)11-16/h2-6,11-13H,7-10H2,1H3,(H,23,26). The number of rotatable bonds is 5. The fourth-order valence-corrected chi connectivity index (χ4v) is 4.77. The van der Waals surface area contributed by atoms with Gasteiger partial charge in [0.2, 0.25) is 15.9 Å². The van der Waals surface area contributed by atoms with Gasteiger partial charge in [0.15, 0.2) is 0 Å². The van der Waals surface area contributed by atoms with Crippen LogP contribution < -0.4 is 5.32 Å². The van der Waals surface area contributed by atoms with Gasteiger partial charge in [-0.3, -0.25) is 9.69 Å². The number of amides is 1. The first kappa shape index (κ1) is 21.6. The van der Waals surface area contributed by atoms with Crippen molar-refractivity contribution < 1.29 is 22.0 Å². The van der Waals surface area contributed by atoms with Gasteiger partial charge in [-0.1, -0.05) is 17.7 Å². The summed E-state index contributed by atoms with van der Waals surface area (Å²) in [7, 11) is -3.80. The zero-order valence-electron chi connectivity index (χ0n) is 15.6. The third-order valence-corrected chi connectivity index (χ3v) is 7.03. The van der Waals surface area contributed by atoms with Crippen molar-refractivity contribution in [2.24, 2.45) is 0 Å². The van der Waals surface area contributed by atoms with Crippen LogP contribution in [0.3, 0.4) is 0 Å². The predicted molar refractivity (Wildman–Crippen MR) is 106 cm³/mol. The Morgan fingerprint density at radius 2 is 1.72 bits per heavy atom. The molecule has 156 valence electrons. The molecule has 0 spiro atoms. The van der Waals surface area contributed by atoms with Crippen LogP contribution >= 0.6 is 11.6 Å². The lowest BCUT2D eigenvalue weighted by molar-refractivity contribution is -0.121. The SMILES string of the molecule is CC(C(=O)Nc1ccc(F)cc1Cl)N1CCN(S(=O)(=O)c2cccc(F)c2)CC1. The average Bonchev–Trinajstić information content (AvgIpc) is 2.69. The van der Waals surface area contributed by atoms with Crippen molar-refractivity contribution in [3.8, 4) is 0 Å². The normalized spacial score (nSPS) is 17.1. The Morgan fingerprint density at radius 1 is 1.07 bits per heavy atom. The van der Waals surface area contributed by atoms with Crippen LogP contribution in [0.4, 0.5) is 14.5 Å². The summed E-state index contributed by atoms with van der Waals surface area (Å²) in [5, 5.41) is 2.75. The molecule has 0 aliphatic carbocycles. The second-order valence-electron chi connectivity index (χ2n) is 6.69. The summed E-state index contributed by atoms with van der Waals surface area (Å²) in [6.45, 7) is 2.71. The maximum atomic E-state index is 13.4. The van der Waals surface area contributed by atoms with E-state index >= 15 is 0 Å². The summed E-state index contributed by atoms with van der Waals surface area (Å²) in [5.74, 6) is -1.45. The second kappa shape index (κ2) is 8.74. The van der Waals surface area contributed by atoms with Crippen LogP contribution in [0.1, 0.15) is 6.92 Å². The average molecular weight is 444 g/mol. The Morgan fingerprint density at radius 3 is 2.34 bits per heavy atom. The molecule has 1 amide bonds. The Kier molecular flexibility index (Phi) is 6.52. The number of piperazine rings is 1. The monoisotopic (exact) mass is 443 g/mol. The minimum absolute atomic E-state index is 0.0940. The van der Waals surface area contributed by atoms with E-state index in [1.54, 1.807) is 6.92 Å². The largest absolute Gasteiger partial charge is 0.323 e. The molecule has 29 heavy (non-hydrogen) atoms. The van der Waals surface area contributed by atoms with Crippen molar-refractivity contribution in [2.75, 3.05) is 31.5 Å².